The average Bonchev–Trinajstić information content (AvgIpc) is 2.85. The van der Waals surface area contributed by atoms with Gasteiger partial charge in [0.15, 0.2) is 0 Å². The standard InChI is InChI=1S/C19H21N3O4/c1-11-9-13-14(22(3)19(24)21(13)2)10-12(11)20-18(23)17-15(25-4)7-6-8-16(17)26-5/h6-10H,1-5H3,(H,20,23). The van der Waals surface area contributed by atoms with Crippen LogP contribution in [0.25, 0.3) is 11.0 Å². The number of aromatic nitrogens is 2. The molecule has 136 valence electrons. The van der Waals surface area contributed by atoms with Crippen LogP contribution in [-0.2, 0) is 14.1 Å². The number of methoxy groups -OCH3 is 2. The number of ether oxygens (including phenoxy) is 2. The average molecular weight is 355 g/mol. The number of hydrogen-bond donors (Lipinski definition) is 1. The van der Waals surface area contributed by atoms with Gasteiger partial charge < -0.3 is 14.8 Å². The van der Waals surface area contributed by atoms with Gasteiger partial charge in [0.1, 0.15) is 17.1 Å². The van der Waals surface area contributed by atoms with Crippen LogP contribution in [0.3, 0.4) is 0 Å². The number of nitrogens with zero attached hydrogens (tertiary/aromatic N) is 2. The van der Waals surface area contributed by atoms with E-state index in [9.17, 15) is 9.59 Å². The Bertz CT molecular complexity index is 1040. The van der Waals surface area contributed by atoms with Crippen molar-refractivity contribution < 1.29 is 14.3 Å². The van der Waals surface area contributed by atoms with E-state index < -0.39 is 0 Å². The van der Waals surface area contributed by atoms with E-state index in [0.717, 1.165) is 16.6 Å². The lowest BCUT2D eigenvalue weighted by molar-refractivity contribution is 0.102. The first kappa shape index (κ1) is 17.6. The molecule has 3 aromatic rings. The van der Waals surface area contributed by atoms with Gasteiger partial charge in [0.25, 0.3) is 5.91 Å². The van der Waals surface area contributed by atoms with Crippen LogP contribution in [0.2, 0.25) is 0 Å². The Morgan fingerprint density at radius 2 is 1.54 bits per heavy atom. The number of amides is 1. The Labute approximate surface area is 150 Å². The van der Waals surface area contributed by atoms with E-state index in [4.69, 9.17) is 9.47 Å². The van der Waals surface area contributed by atoms with Gasteiger partial charge in [-0.05, 0) is 36.8 Å². The molecular weight excluding hydrogens is 334 g/mol. The third-order valence-electron chi connectivity index (χ3n) is 4.52. The number of hydrogen-bond acceptors (Lipinski definition) is 4. The van der Waals surface area contributed by atoms with Crippen LogP contribution in [-0.4, -0.2) is 29.3 Å². The van der Waals surface area contributed by atoms with Crippen molar-refractivity contribution in [2.45, 2.75) is 6.92 Å². The van der Waals surface area contributed by atoms with E-state index in [1.807, 2.05) is 13.0 Å². The van der Waals surface area contributed by atoms with E-state index in [2.05, 4.69) is 5.32 Å². The smallest absolute Gasteiger partial charge is 0.328 e. The van der Waals surface area contributed by atoms with Crippen molar-refractivity contribution >= 4 is 22.6 Å². The van der Waals surface area contributed by atoms with Crippen molar-refractivity contribution in [2.75, 3.05) is 19.5 Å². The first-order valence-corrected chi connectivity index (χ1v) is 8.07. The fraction of sp³-hybridized carbons (Fsp3) is 0.263. The molecule has 0 saturated heterocycles. The van der Waals surface area contributed by atoms with E-state index in [1.54, 1.807) is 47.5 Å². The Hall–Kier alpha value is -3.22. The quantitative estimate of drug-likeness (QED) is 0.780. The maximum atomic E-state index is 12.9. The molecule has 3 rings (SSSR count). The molecule has 1 aromatic heterocycles. The number of carbonyl (C=O) groups is 1. The molecule has 0 unspecified atom stereocenters. The summed E-state index contributed by atoms with van der Waals surface area (Å²) >= 11 is 0. The van der Waals surface area contributed by atoms with Crippen molar-refractivity contribution in [3.63, 3.8) is 0 Å². The van der Waals surface area contributed by atoms with E-state index >= 15 is 0 Å². The van der Waals surface area contributed by atoms with E-state index in [-0.39, 0.29) is 11.6 Å². The van der Waals surface area contributed by atoms with Crippen molar-refractivity contribution in [1.82, 2.24) is 9.13 Å². The number of carbonyl (C=O) groups excluding carboxylic acids is 1. The van der Waals surface area contributed by atoms with Crippen molar-refractivity contribution in [1.29, 1.82) is 0 Å². The number of benzene rings is 2. The molecule has 0 radical (unpaired) electrons. The molecule has 0 bridgehead atoms. The van der Waals surface area contributed by atoms with Gasteiger partial charge in [-0.1, -0.05) is 6.07 Å². The highest BCUT2D eigenvalue weighted by Crippen LogP contribution is 2.30. The minimum atomic E-state index is -0.345. The van der Waals surface area contributed by atoms with E-state index in [0.29, 0.717) is 22.7 Å². The number of imidazole rings is 1. The second-order valence-electron chi connectivity index (χ2n) is 6.05. The largest absolute Gasteiger partial charge is 0.496 e. The van der Waals surface area contributed by atoms with Crippen molar-refractivity contribution in [2.24, 2.45) is 14.1 Å². The van der Waals surface area contributed by atoms with Crippen LogP contribution in [0.4, 0.5) is 5.69 Å². The van der Waals surface area contributed by atoms with Crippen molar-refractivity contribution in [3.05, 3.63) is 51.9 Å². The molecule has 7 heteroatoms. The number of aryl methyl sites for hydroxylation is 3. The number of nitrogens with one attached hydrogen (secondary N) is 1. The number of rotatable bonds is 4. The third kappa shape index (κ3) is 2.71. The van der Waals surface area contributed by atoms with Gasteiger partial charge in [0.05, 0.1) is 25.3 Å². The normalized spacial score (nSPS) is 10.8. The van der Waals surface area contributed by atoms with Crippen LogP contribution < -0.4 is 20.5 Å². The fourth-order valence-electron chi connectivity index (χ4n) is 3.04. The molecule has 1 N–H and O–H groups in total. The lowest BCUT2D eigenvalue weighted by atomic mass is 10.1. The highest BCUT2D eigenvalue weighted by molar-refractivity contribution is 6.09. The summed E-state index contributed by atoms with van der Waals surface area (Å²) in [4.78, 5) is 25.0. The molecule has 0 fully saturated rings. The Kier molecular flexibility index (Phi) is 4.46. The Morgan fingerprint density at radius 3 is 2.08 bits per heavy atom. The van der Waals surface area contributed by atoms with Gasteiger partial charge >= 0.3 is 5.69 Å². The summed E-state index contributed by atoms with van der Waals surface area (Å²) in [6.45, 7) is 1.88. The minimum absolute atomic E-state index is 0.116. The maximum Gasteiger partial charge on any atom is 0.328 e. The summed E-state index contributed by atoms with van der Waals surface area (Å²) in [6, 6.07) is 8.84. The third-order valence-corrected chi connectivity index (χ3v) is 4.52. The SMILES string of the molecule is COc1cccc(OC)c1C(=O)Nc1cc2c(cc1C)n(C)c(=O)n2C. The summed E-state index contributed by atoms with van der Waals surface area (Å²) in [5.41, 5.74) is 3.22. The Morgan fingerprint density at radius 1 is 1.00 bits per heavy atom. The zero-order valence-electron chi connectivity index (χ0n) is 15.4. The summed E-state index contributed by atoms with van der Waals surface area (Å²) in [5, 5.41) is 2.90. The van der Waals surface area contributed by atoms with Crippen LogP contribution in [0.5, 0.6) is 11.5 Å². The van der Waals surface area contributed by atoms with Crippen LogP contribution in [0.15, 0.2) is 35.1 Å². The number of fused-ring (bicyclic) bond motifs is 1. The zero-order valence-corrected chi connectivity index (χ0v) is 15.4. The second kappa shape index (κ2) is 6.59. The van der Waals surface area contributed by atoms with Gasteiger partial charge in [0.2, 0.25) is 0 Å². The molecule has 0 aliphatic heterocycles. The fourth-order valence-corrected chi connectivity index (χ4v) is 3.04. The predicted octanol–water partition coefficient (Wildman–Crippen LogP) is 2.45. The van der Waals surface area contributed by atoms with Crippen molar-refractivity contribution in [3.8, 4) is 11.5 Å². The highest BCUT2D eigenvalue weighted by Gasteiger charge is 2.20. The highest BCUT2D eigenvalue weighted by atomic mass is 16.5. The number of anilines is 1. The van der Waals surface area contributed by atoms with Gasteiger partial charge in [-0.15, -0.1) is 0 Å². The molecule has 0 aliphatic rings. The summed E-state index contributed by atoms with van der Waals surface area (Å²) in [5.74, 6) is 0.503. The van der Waals surface area contributed by atoms with Crippen LogP contribution in [0.1, 0.15) is 15.9 Å². The first-order chi connectivity index (χ1) is 12.4. The monoisotopic (exact) mass is 355 g/mol. The van der Waals surface area contributed by atoms with Gasteiger partial charge in [0, 0.05) is 19.8 Å². The Balaban J connectivity index is 2.07. The van der Waals surface area contributed by atoms with Gasteiger partial charge in [-0.2, -0.15) is 0 Å². The molecule has 26 heavy (non-hydrogen) atoms. The van der Waals surface area contributed by atoms with Gasteiger partial charge in [-0.3, -0.25) is 13.9 Å². The zero-order chi connectivity index (χ0) is 19.0. The molecule has 2 aromatic carbocycles. The molecule has 0 atom stereocenters. The minimum Gasteiger partial charge on any atom is -0.496 e. The lowest BCUT2D eigenvalue weighted by Crippen LogP contribution is -2.19. The van der Waals surface area contributed by atoms with Gasteiger partial charge in [-0.25, -0.2) is 4.79 Å². The van der Waals surface area contributed by atoms with Crippen LogP contribution >= 0.6 is 0 Å². The topological polar surface area (TPSA) is 74.5 Å². The van der Waals surface area contributed by atoms with Crippen LogP contribution in [0, 0.1) is 6.92 Å². The van der Waals surface area contributed by atoms with E-state index in [1.165, 1.54) is 14.2 Å². The first-order valence-electron chi connectivity index (χ1n) is 8.07. The second-order valence-corrected chi connectivity index (χ2v) is 6.05. The molecule has 1 amide bonds. The molecule has 0 spiro atoms. The molecule has 0 aliphatic carbocycles. The molecule has 0 saturated carbocycles. The summed E-state index contributed by atoms with van der Waals surface area (Å²) in [6.07, 6.45) is 0. The molecular formula is C19H21N3O4. The predicted molar refractivity (Wildman–Crippen MR) is 100 cm³/mol. The summed E-state index contributed by atoms with van der Waals surface area (Å²) < 4.78 is 13.7. The lowest BCUT2D eigenvalue weighted by Gasteiger charge is -2.14. The summed E-state index contributed by atoms with van der Waals surface area (Å²) in [7, 11) is 6.43. The maximum absolute atomic E-state index is 12.9. The molecule has 7 nitrogen and oxygen atoms in total. The molecule has 1 heterocycles.